The smallest absolute Gasteiger partial charge is 0.341 e. The number of nitrogens with one attached hydrogen (secondary N) is 2. The Labute approximate surface area is 153 Å². The van der Waals surface area contributed by atoms with Crippen LogP contribution in [0.25, 0.3) is 0 Å². The molecule has 1 amide bonds. The van der Waals surface area contributed by atoms with Crippen molar-refractivity contribution in [2.24, 2.45) is 0 Å². The van der Waals surface area contributed by atoms with Gasteiger partial charge in [-0.2, -0.15) is 0 Å². The average Bonchev–Trinajstić information content (AvgIpc) is 2.79. The molecule has 2 N–H and O–H groups in total. The first kappa shape index (κ1) is 19.2. The largest absolute Gasteiger partial charge is 0.462 e. The number of rotatable bonds is 6. The molecule has 0 aliphatic carbocycles. The van der Waals surface area contributed by atoms with Gasteiger partial charge in [-0.3, -0.25) is 9.59 Å². The molecule has 0 aliphatic heterocycles. The molecule has 0 bridgehead atoms. The summed E-state index contributed by atoms with van der Waals surface area (Å²) in [5.74, 6) is -0.678. The van der Waals surface area contributed by atoms with Gasteiger partial charge in [-0.25, -0.2) is 9.78 Å². The third-order valence-electron chi connectivity index (χ3n) is 3.31. The van der Waals surface area contributed by atoms with Crippen molar-refractivity contribution in [3.8, 4) is 0 Å². The van der Waals surface area contributed by atoms with E-state index in [2.05, 4.69) is 15.3 Å². The minimum Gasteiger partial charge on any atom is -0.462 e. The number of thiophene rings is 1. The Balaban J connectivity index is 2.09. The average molecular weight is 381 g/mol. The van der Waals surface area contributed by atoms with Gasteiger partial charge < -0.3 is 15.0 Å². The first-order chi connectivity index (χ1) is 11.8. The minimum absolute atomic E-state index is 0.0602. The zero-order chi connectivity index (χ0) is 18.6. The van der Waals surface area contributed by atoms with Crippen LogP contribution in [0, 0.1) is 20.8 Å². The summed E-state index contributed by atoms with van der Waals surface area (Å²) in [6.07, 6.45) is 0. The van der Waals surface area contributed by atoms with Gasteiger partial charge in [-0.05, 0) is 33.3 Å². The summed E-state index contributed by atoms with van der Waals surface area (Å²) in [6, 6.07) is 1.38. The van der Waals surface area contributed by atoms with E-state index in [1.807, 2.05) is 13.8 Å². The molecule has 25 heavy (non-hydrogen) atoms. The minimum atomic E-state index is -0.447. The number of nitrogens with zero attached hydrogens (tertiary/aromatic N) is 1. The van der Waals surface area contributed by atoms with Crippen LogP contribution in [0.2, 0.25) is 0 Å². The van der Waals surface area contributed by atoms with E-state index in [9.17, 15) is 14.4 Å². The predicted octanol–water partition coefficient (Wildman–Crippen LogP) is 2.66. The lowest BCUT2D eigenvalue weighted by Crippen LogP contribution is -2.17. The number of aromatic amines is 1. The van der Waals surface area contributed by atoms with E-state index in [1.54, 1.807) is 13.8 Å². The Bertz CT molecular complexity index is 858. The monoisotopic (exact) mass is 381 g/mol. The van der Waals surface area contributed by atoms with Gasteiger partial charge >= 0.3 is 5.97 Å². The highest BCUT2D eigenvalue weighted by molar-refractivity contribution is 7.99. The summed E-state index contributed by atoms with van der Waals surface area (Å²) < 4.78 is 5.06. The van der Waals surface area contributed by atoms with E-state index in [4.69, 9.17) is 4.74 Å². The Morgan fingerprint density at radius 2 is 2.08 bits per heavy atom. The zero-order valence-electron chi connectivity index (χ0n) is 14.4. The second kappa shape index (κ2) is 8.30. The third-order valence-corrected chi connectivity index (χ3v) is 5.30. The highest BCUT2D eigenvalue weighted by Crippen LogP contribution is 2.33. The fraction of sp³-hybridized carbons (Fsp3) is 0.375. The molecule has 0 atom stereocenters. The Hall–Kier alpha value is -2.13. The van der Waals surface area contributed by atoms with Gasteiger partial charge in [0.05, 0.1) is 17.9 Å². The van der Waals surface area contributed by atoms with Crippen molar-refractivity contribution in [2.45, 2.75) is 32.9 Å². The summed E-state index contributed by atoms with van der Waals surface area (Å²) in [7, 11) is 0. The number of hydrogen-bond donors (Lipinski definition) is 2. The van der Waals surface area contributed by atoms with E-state index in [0.29, 0.717) is 21.4 Å². The van der Waals surface area contributed by atoms with Crippen molar-refractivity contribution in [3.63, 3.8) is 0 Å². The normalized spacial score (nSPS) is 10.6. The molecule has 0 unspecified atom stereocenters. The van der Waals surface area contributed by atoms with Crippen LogP contribution >= 0.6 is 23.1 Å². The zero-order valence-corrected chi connectivity index (χ0v) is 16.0. The van der Waals surface area contributed by atoms with Gasteiger partial charge in [0.1, 0.15) is 5.00 Å². The topological polar surface area (TPSA) is 101 Å². The number of H-pyrrole nitrogens is 1. The van der Waals surface area contributed by atoms with Crippen LogP contribution in [-0.4, -0.2) is 34.2 Å². The Morgan fingerprint density at radius 3 is 2.72 bits per heavy atom. The molecule has 0 aromatic carbocycles. The number of esters is 1. The van der Waals surface area contributed by atoms with Crippen molar-refractivity contribution < 1.29 is 14.3 Å². The SMILES string of the molecule is CCOC(=O)c1c(NC(=O)CSc2nc(C)cc(=O)[nH]2)sc(C)c1C. The maximum Gasteiger partial charge on any atom is 0.341 e. The molecule has 2 heterocycles. The van der Waals surface area contributed by atoms with Crippen LogP contribution < -0.4 is 10.9 Å². The molecule has 0 saturated carbocycles. The van der Waals surface area contributed by atoms with Gasteiger partial charge in [0, 0.05) is 16.6 Å². The summed E-state index contributed by atoms with van der Waals surface area (Å²) in [4.78, 5) is 43.4. The number of aromatic nitrogens is 2. The van der Waals surface area contributed by atoms with Crippen LogP contribution in [-0.2, 0) is 9.53 Å². The van der Waals surface area contributed by atoms with Gasteiger partial charge in [0.2, 0.25) is 5.91 Å². The van der Waals surface area contributed by atoms with Gasteiger partial charge in [0.15, 0.2) is 5.16 Å². The number of amides is 1. The molecule has 134 valence electrons. The predicted molar refractivity (Wildman–Crippen MR) is 98.7 cm³/mol. The highest BCUT2D eigenvalue weighted by Gasteiger charge is 2.22. The number of anilines is 1. The third kappa shape index (κ3) is 4.93. The van der Waals surface area contributed by atoms with E-state index < -0.39 is 5.97 Å². The highest BCUT2D eigenvalue weighted by atomic mass is 32.2. The van der Waals surface area contributed by atoms with Crippen LogP contribution in [0.15, 0.2) is 16.0 Å². The molecular formula is C16H19N3O4S2. The number of ether oxygens (including phenoxy) is 1. The molecule has 2 aromatic heterocycles. The standard InChI is InChI=1S/C16H19N3O4S2/c1-5-23-15(22)13-9(3)10(4)25-14(13)18-12(21)7-24-16-17-8(2)6-11(20)19-16/h6H,5,7H2,1-4H3,(H,18,21)(H,17,19,20). The van der Waals surface area contributed by atoms with Crippen LogP contribution in [0.5, 0.6) is 0 Å². The van der Waals surface area contributed by atoms with Crippen molar-refractivity contribution >= 4 is 40.0 Å². The first-order valence-corrected chi connectivity index (χ1v) is 9.39. The molecule has 0 saturated heterocycles. The molecule has 2 aromatic rings. The molecule has 0 spiro atoms. The molecule has 0 fully saturated rings. The first-order valence-electron chi connectivity index (χ1n) is 7.59. The molecule has 7 nitrogen and oxygen atoms in total. The Morgan fingerprint density at radius 1 is 1.36 bits per heavy atom. The molecule has 2 rings (SSSR count). The summed E-state index contributed by atoms with van der Waals surface area (Å²) in [6.45, 7) is 7.42. The van der Waals surface area contributed by atoms with Gasteiger partial charge in [0.25, 0.3) is 5.56 Å². The number of thioether (sulfide) groups is 1. The molecule has 0 radical (unpaired) electrons. The molecule has 0 aliphatic rings. The van der Waals surface area contributed by atoms with Crippen molar-refractivity contribution in [1.82, 2.24) is 9.97 Å². The second-order valence-corrected chi connectivity index (χ2v) is 7.43. The van der Waals surface area contributed by atoms with E-state index in [0.717, 1.165) is 22.2 Å². The fourth-order valence-corrected chi connectivity index (χ4v) is 3.87. The quantitative estimate of drug-likeness (QED) is 0.453. The number of carbonyl (C=O) groups is 2. The maximum absolute atomic E-state index is 12.2. The van der Waals surface area contributed by atoms with E-state index >= 15 is 0 Å². The lowest BCUT2D eigenvalue weighted by Gasteiger charge is -2.07. The summed E-state index contributed by atoms with van der Waals surface area (Å²) in [5.41, 5.74) is 1.52. The van der Waals surface area contributed by atoms with Crippen molar-refractivity contribution in [1.29, 1.82) is 0 Å². The summed E-state index contributed by atoms with van der Waals surface area (Å²) in [5, 5.41) is 3.60. The van der Waals surface area contributed by atoms with Crippen molar-refractivity contribution in [2.75, 3.05) is 17.7 Å². The maximum atomic E-state index is 12.2. The second-order valence-electron chi connectivity index (χ2n) is 5.24. The number of hydrogen-bond acceptors (Lipinski definition) is 7. The van der Waals surface area contributed by atoms with Crippen LogP contribution in [0.3, 0.4) is 0 Å². The Kier molecular flexibility index (Phi) is 6.38. The fourth-order valence-electron chi connectivity index (χ4n) is 2.08. The van der Waals surface area contributed by atoms with Gasteiger partial charge in [-0.15, -0.1) is 11.3 Å². The van der Waals surface area contributed by atoms with Gasteiger partial charge in [-0.1, -0.05) is 11.8 Å². The van der Waals surface area contributed by atoms with E-state index in [1.165, 1.54) is 17.4 Å². The summed E-state index contributed by atoms with van der Waals surface area (Å²) >= 11 is 2.46. The molecule has 9 heteroatoms. The van der Waals surface area contributed by atoms with Crippen LogP contribution in [0.4, 0.5) is 5.00 Å². The number of aryl methyl sites for hydroxylation is 2. The lowest BCUT2D eigenvalue weighted by molar-refractivity contribution is -0.113. The number of carbonyl (C=O) groups excluding carboxylic acids is 2. The lowest BCUT2D eigenvalue weighted by atomic mass is 10.1. The van der Waals surface area contributed by atoms with Crippen molar-refractivity contribution in [3.05, 3.63) is 38.1 Å². The molecular weight excluding hydrogens is 362 g/mol. The van der Waals surface area contributed by atoms with E-state index in [-0.39, 0.29) is 23.8 Å². The van der Waals surface area contributed by atoms with Crippen LogP contribution in [0.1, 0.15) is 33.4 Å².